The molecule has 1 aromatic carbocycles. The number of rotatable bonds is 4. The van der Waals surface area contributed by atoms with E-state index in [1.807, 2.05) is 23.0 Å². The van der Waals surface area contributed by atoms with Crippen LogP contribution in [0.4, 0.5) is 0 Å². The summed E-state index contributed by atoms with van der Waals surface area (Å²) in [5, 5.41) is 0.187. The van der Waals surface area contributed by atoms with Gasteiger partial charge in [0.25, 0.3) is 0 Å². The van der Waals surface area contributed by atoms with Crippen LogP contribution in [0.3, 0.4) is 0 Å². The van der Waals surface area contributed by atoms with E-state index in [0.29, 0.717) is 12.5 Å². The van der Waals surface area contributed by atoms with Crippen LogP contribution in [-0.2, 0) is 30.7 Å². The highest BCUT2D eigenvalue weighted by molar-refractivity contribution is 8.00. The molecular weight excluding hydrogens is 318 g/mol. The summed E-state index contributed by atoms with van der Waals surface area (Å²) in [6, 6.07) is 10.6. The molecule has 126 valence electrons. The molecule has 1 unspecified atom stereocenters. The molecule has 1 atom stereocenters. The fourth-order valence-electron chi connectivity index (χ4n) is 3.62. The number of imidazole rings is 1. The predicted molar refractivity (Wildman–Crippen MR) is 97.0 cm³/mol. The van der Waals surface area contributed by atoms with E-state index in [0.717, 1.165) is 43.8 Å². The number of benzene rings is 1. The Hall–Kier alpha value is -1.75. The van der Waals surface area contributed by atoms with Gasteiger partial charge in [-0.1, -0.05) is 30.3 Å². The molecule has 1 amide bonds. The number of thioether (sulfide) groups is 1. The molecule has 2 aliphatic rings. The highest BCUT2D eigenvalue weighted by atomic mass is 32.2. The second-order valence-electron chi connectivity index (χ2n) is 6.58. The number of hydrogen-bond acceptors (Lipinski definition) is 3. The van der Waals surface area contributed by atoms with Gasteiger partial charge in [-0.25, -0.2) is 4.98 Å². The molecule has 0 N–H and O–H groups in total. The molecule has 0 radical (unpaired) electrons. The Bertz CT molecular complexity index is 707. The predicted octanol–water partition coefficient (Wildman–Crippen LogP) is 2.91. The lowest BCUT2D eigenvalue weighted by Gasteiger charge is -2.29. The minimum absolute atomic E-state index is 0.187. The fourth-order valence-corrected chi connectivity index (χ4v) is 4.86. The molecule has 4 rings (SSSR count). The van der Waals surface area contributed by atoms with Crippen LogP contribution in [-0.4, -0.2) is 37.9 Å². The summed E-state index contributed by atoms with van der Waals surface area (Å²) in [5.74, 6) is 1.45. The van der Waals surface area contributed by atoms with E-state index >= 15 is 0 Å². The summed E-state index contributed by atoms with van der Waals surface area (Å²) in [7, 11) is 0. The monoisotopic (exact) mass is 341 g/mol. The van der Waals surface area contributed by atoms with Crippen molar-refractivity contribution in [3.63, 3.8) is 0 Å². The number of aromatic nitrogens is 2. The van der Waals surface area contributed by atoms with Crippen LogP contribution >= 0.6 is 11.8 Å². The van der Waals surface area contributed by atoms with E-state index in [-0.39, 0.29) is 5.25 Å². The standard InChI is InChI=1S/C19H23N3OS/c23-19(18-7-4-12-24-18)21-11-9-17-16(13-21)20-14-22(17)10-8-15-5-2-1-3-6-15/h1-3,5-6,14,18H,4,7-13H2. The minimum Gasteiger partial charge on any atom is -0.335 e. The third-order valence-corrected chi connectivity index (χ3v) is 6.36. The zero-order chi connectivity index (χ0) is 16.4. The number of amides is 1. The van der Waals surface area contributed by atoms with Gasteiger partial charge in [0.15, 0.2) is 0 Å². The zero-order valence-electron chi connectivity index (χ0n) is 13.9. The Morgan fingerprint density at radius 3 is 2.96 bits per heavy atom. The van der Waals surface area contributed by atoms with Gasteiger partial charge in [-0.15, -0.1) is 11.8 Å². The summed E-state index contributed by atoms with van der Waals surface area (Å²) >= 11 is 1.82. The first-order valence-corrected chi connectivity index (χ1v) is 9.83. The van der Waals surface area contributed by atoms with Crippen molar-refractivity contribution in [1.82, 2.24) is 14.5 Å². The molecule has 0 aliphatic carbocycles. The van der Waals surface area contributed by atoms with Gasteiger partial charge in [0.1, 0.15) is 0 Å². The Labute approximate surface area is 147 Å². The van der Waals surface area contributed by atoms with Crippen molar-refractivity contribution < 1.29 is 4.79 Å². The van der Waals surface area contributed by atoms with Gasteiger partial charge < -0.3 is 9.47 Å². The maximum Gasteiger partial charge on any atom is 0.236 e. The molecule has 1 aromatic heterocycles. The van der Waals surface area contributed by atoms with Gasteiger partial charge in [0.2, 0.25) is 5.91 Å². The summed E-state index contributed by atoms with van der Waals surface area (Å²) < 4.78 is 2.27. The lowest BCUT2D eigenvalue weighted by Crippen LogP contribution is -2.40. The smallest absolute Gasteiger partial charge is 0.236 e. The van der Waals surface area contributed by atoms with Crippen LogP contribution < -0.4 is 0 Å². The van der Waals surface area contributed by atoms with Crippen molar-refractivity contribution in [2.24, 2.45) is 0 Å². The molecule has 0 spiro atoms. The number of carbonyl (C=O) groups is 1. The summed E-state index contributed by atoms with van der Waals surface area (Å²) in [6.07, 6.45) is 6.11. The number of aryl methyl sites for hydroxylation is 2. The van der Waals surface area contributed by atoms with E-state index in [1.165, 1.54) is 17.7 Å². The molecule has 2 aromatic rings. The van der Waals surface area contributed by atoms with Crippen molar-refractivity contribution in [2.45, 2.75) is 44.0 Å². The van der Waals surface area contributed by atoms with Crippen molar-refractivity contribution in [2.75, 3.05) is 12.3 Å². The average Bonchev–Trinajstić information content (AvgIpc) is 3.30. The van der Waals surface area contributed by atoms with Crippen molar-refractivity contribution in [1.29, 1.82) is 0 Å². The van der Waals surface area contributed by atoms with Crippen LogP contribution in [0.2, 0.25) is 0 Å². The van der Waals surface area contributed by atoms with Gasteiger partial charge in [0.05, 0.1) is 23.8 Å². The second kappa shape index (κ2) is 7.01. The zero-order valence-corrected chi connectivity index (χ0v) is 14.7. The molecular formula is C19H23N3OS. The van der Waals surface area contributed by atoms with E-state index in [4.69, 9.17) is 0 Å². The van der Waals surface area contributed by atoms with E-state index in [1.54, 1.807) is 0 Å². The molecule has 0 saturated carbocycles. The van der Waals surface area contributed by atoms with Crippen molar-refractivity contribution in [3.8, 4) is 0 Å². The highest BCUT2D eigenvalue weighted by Gasteiger charge is 2.31. The third-order valence-electron chi connectivity index (χ3n) is 4.99. The lowest BCUT2D eigenvalue weighted by atomic mass is 10.1. The summed E-state index contributed by atoms with van der Waals surface area (Å²) in [4.78, 5) is 19.2. The first kappa shape index (κ1) is 15.8. The lowest BCUT2D eigenvalue weighted by molar-refractivity contribution is -0.131. The topological polar surface area (TPSA) is 38.1 Å². The Balaban J connectivity index is 1.41. The Morgan fingerprint density at radius 1 is 1.29 bits per heavy atom. The molecule has 24 heavy (non-hydrogen) atoms. The van der Waals surface area contributed by atoms with E-state index in [9.17, 15) is 4.79 Å². The fraction of sp³-hybridized carbons (Fsp3) is 0.474. The number of carbonyl (C=O) groups excluding carboxylic acids is 1. The summed E-state index contributed by atoms with van der Waals surface area (Å²) in [5.41, 5.74) is 3.76. The molecule has 1 fully saturated rings. The first-order chi connectivity index (χ1) is 11.8. The van der Waals surface area contributed by atoms with Gasteiger partial charge in [0, 0.05) is 25.2 Å². The van der Waals surface area contributed by atoms with Crippen molar-refractivity contribution in [3.05, 3.63) is 53.6 Å². The number of fused-ring (bicyclic) bond motifs is 1. The van der Waals surface area contributed by atoms with Crippen LogP contribution in [0.1, 0.15) is 29.8 Å². The van der Waals surface area contributed by atoms with Crippen LogP contribution in [0, 0.1) is 0 Å². The molecule has 1 saturated heterocycles. The first-order valence-electron chi connectivity index (χ1n) is 8.78. The molecule has 4 nitrogen and oxygen atoms in total. The summed E-state index contributed by atoms with van der Waals surface area (Å²) in [6.45, 7) is 2.47. The maximum absolute atomic E-state index is 12.6. The quantitative estimate of drug-likeness (QED) is 0.858. The van der Waals surface area contributed by atoms with Crippen LogP contribution in [0.5, 0.6) is 0 Å². The maximum atomic E-state index is 12.6. The SMILES string of the molecule is O=C(C1CCCS1)N1CCc2c(ncn2CCc2ccccc2)C1. The largest absolute Gasteiger partial charge is 0.335 e. The van der Waals surface area contributed by atoms with Gasteiger partial charge in [-0.2, -0.15) is 0 Å². The van der Waals surface area contributed by atoms with E-state index < -0.39 is 0 Å². The third kappa shape index (κ3) is 3.22. The van der Waals surface area contributed by atoms with Crippen molar-refractivity contribution >= 4 is 17.7 Å². The van der Waals surface area contributed by atoms with Crippen LogP contribution in [0.25, 0.3) is 0 Å². The van der Waals surface area contributed by atoms with Gasteiger partial charge in [-0.3, -0.25) is 4.79 Å². The Kier molecular flexibility index (Phi) is 4.60. The van der Waals surface area contributed by atoms with Crippen LogP contribution in [0.15, 0.2) is 36.7 Å². The molecule has 3 heterocycles. The van der Waals surface area contributed by atoms with Gasteiger partial charge >= 0.3 is 0 Å². The van der Waals surface area contributed by atoms with E-state index in [2.05, 4.69) is 39.9 Å². The second-order valence-corrected chi connectivity index (χ2v) is 7.89. The highest BCUT2D eigenvalue weighted by Crippen LogP contribution is 2.29. The van der Waals surface area contributed by atoms with Gasteiger partial charge in [-0.05, 0) is 30.6 Å². The molecule has 0 bridgehead atoms. The Morgan fingerprint density at radius 2 is 2.17 bits per heavy atom. The molecule has 5 heteroatoms. The molecule has 2 aliphatic heterocycles. The minimum atomic E-state index is 0.187. The normalized spacial score (nSPS) is 20.2. The average molecular weight is 341 g/mol. The number of hydrogen-bond donors (Lipinski definition) is 0. The number of nitrogens with zero attached hydrogens (tertiary/aromatic N) is 3.